The van der Waals surface area contributed by atoms with Gasteiger partial charge in [0.25, 0.3) is 0 Å². The van der Waals surface area contributed by atoms with E-state index in [2.05, 4.69) is 0 Å². The Kier molecular flexibility index (Phi) is 3.94. The Morgan fingerprint density at radius 1 is 1.24 bits per heavy atom. The second-order valence-corrected chi connectivity index (χ2v) is 8.13. The molecule has 0 bridgehead atoms. The average molecular weight is 275 g/mol. The van der Waals surface area contributed by atoms with E-state index in [1.54, 1.807) is 13.8 Å². The normalized spacial score (nSPS) is 14.7. The van der Waals surface area contributed by atoms with Crippen LogP contribution in [0.2, 0.25) is 0 Å². The second-order valence-electron chi connectivity index (χ2n) is 5.10. The first-order valence-electron chi connectivity index (χ1n) is 5.48. The van der Waals surface area contributed by atoms with E-state index in [0.29, 0.717) is 0 Å². The SMILES string of the molecule is Cc1ccc(C(Cl)C(C)(C)S(C)(=O)=O)c(C)c1. The zero-order valence-corrected chi connectivity index (χ0v) is 12.5. The summed E-state index contributed by atoms with van der Waals surface area (Å²) in [5, 5.41) is -0.543. The molecule has 0 aliphatic heterocycles. The molecule has 17 heavy (non-hydrogen) atoms. The molecule has 1 unspecified atom stereocenters. The van der Waals surface area contributed by atoms with Crippen LogP contribution >= 0.6 is 11.6 Å². The van der Waals surface area contributed by atoms with Crippen LogP contribution in [0.4, 0.5) is 0 Å². The first-order chi connectivity index (χ1) is 7.57. The number of sulfone groups is 1. The topological polar surface area (TPSA) is 34.1 Å². The third-order valence-corrected chi connectivity index (χ3v) is 6.32. The molecule has 0 N–H and O–H groups in total. The molecular formula is C13H19ClO2S. The van der Waals surface area contributed by atoms with Crippen molar-refractivity contribution in [3.05, 3.63) is 34.9 Å². The minimum atomic E-state index is -3.21. The van der Waals surface area contributed by atoms with E-state index in [9.17, 15) is 8.42 Å². The van der Waals surface area contributed by atoms with E-state index < -0.39 is 20.0 Å². The van der Waals surface area contributed by atoms with E-state index in [4.69, 9.17) is 11.6 Å². The molecule has 0 fully saturated rings. The average Bonchev–Trinajstić information content (AvgIpc) is 2.14. The Labute approximate surface area is 109 Å². The molecule has 0 saturated heterocycles. The van der Waals surface area contributed by atoms with E-state index >= 15 is 0 Å². The van der Waals surface area contributed by atoms with Gasteiger partial charge in [-0.1, -0.05) is 23.8 Å². The van der Waals surface area contributed by atoms with Crippen molar-refractivity contribution in [1.29, 1.82) is 0 Å². The van der Waals surface area contributed by atoms with Gasteiger partial charge in [-0.25, -0.2) is 8.42 Å². The van der Waals surface area contributed by atoms with Gasteiger partial charge in [0.1, 0.15) is 0 Å². The molecule has 2 nitrogen and oxygen atoms in total. The molecule has 0 aromatic heterocycles. The largest absolute Gasteiger partial charge is 0.229 e. The predicted octanol–water partition coefficient (Wildman–Crippen LogP) is 3.41. The van der Waals surface area contributed by atoms with Gasteiger partial charge in [-0.3, -0.25) is 0 Å². The quantitative estimate of drug-likeness (QED) is 0.792. The van der Waals surface area contributed by atoms with Crippen molar-refractivity contribution in [2.75, 3.05) is 6.26 Å². The van der Waals surface area contributed by atoms with E-state index in [1.807, 2.05) is 32.0 Å². The van der Waals surface area contributed by atoms with Crippen LogP contribution in [0.15, 0.2) is 18.2 Å². The molecule has 1 aromatic rings. The van der Waals surface area contributed by atoms with Gasteiger partial charge < -0.3 is 0 Å². The van der Waals surface area contributed by atoms with Crippen molar-refractivity contribution in [3.8, 4) is 0 Å². The fourth-order valence-electron chi connectivity index (χ4n) is 1.67. The van der Waals surface area contributed by atoms with Crippen molar-refractivity contribution in [3.63, 3.8) is 0 Å². The summed E-state index contributed by atoms with van der Waals surface area (Å²) in [6.07, 6.45) is 1.23. The molecule has 0 saturated carbocycles. The Morgan fingerprint density at radius 3 is 2.18 bits per heavy atom. The summed E-state index contributed by atoms with van der Waals surface area (Å²) < 4.78 is 22.5. The fourth-order valence-corrected chi connectivity index (χ4v) is 2.91. The first kappa shape index (κ1) is 14.5. The number of alkyl halides is 1. The van der Waals surface area contributed by atoms with Gasteiger partial charge in [-0.05, 0) is 38.8 Å². The lowest BCUT2D eigenvalue weighted by atomic mass is 9.96. The number of aryl methyl sites for hydroxylation is 2. The fraction of sp³-hybridized carbons (Fsp3) is 0.538. The maximum absolute atomic E-state index is 11.8. The van der Waals surface area contributed by atoms with Crippen LogP contribution in [0.1, 0.15) is 35.9 Å². The molecule has 0 heterocycles. The third kappa shape index (κ3) is 2.83. The number of benzene rings is 1. The van der Waals surface area contributed by atoms with E-state index in [0.717, 1.165) is 16.7 Å². The number of rotatable bonds is 3. The van der Waals surface area contributed by atoms with Crippen LogP contribution in [-0.4, -0.2) is 19.4 Å². The van der Waals surface area contributed by atoms with E-state index in [-0.39, 0.29) is 0 Å². The maximum Gasteiger partial charge on any atom is 0.154 e. The molecule has 1 rings (SSSR count). The highest BCUT2D eigenvalue weighted by atomic mass is 35.5. The van der Waals surface area contributed by atoms with Gasteiger partial charge in [0.05, 0.1) is 10.1 Å². The molecule has 96 valence electrons. The lowest BCUT2D eigenvalue weighted by molar-refractivity contribution is 0.543. The van der Waals surface area contributed by atoms with Crippen LogP contribution in [0.3, 0.4) is 0 Å². The van der Waals surface area contributed by atoms with Gasteiger partial charge in [-0.2, -0.15) is 0 Å². The van der Waals surface area contributed by atoms with Crippen LogP contribution in [0.5, 0.6) is 0 Å². The van der Waals surface area contributed by atoms with Gasteiger partial charge >= 0.3 is 0 Å². The highest BCUT2D eigenvalue weighted by Gasteiger charge is 2.39. The molecule has 0 amide bonds. The molecular weight excluding hydrogens is 256 g/mol. The monoisotopic (exact) mass is 274 g/mol. The van der Waals surface area contributed by atoms with Gasteiger partial charge in [0, 0.05) is 6.26 Å². The van der Waals surface area contributed by atoms with Crippen LogP contribution < -0.4 is 0 Å². The zero-order chi connectivity index (χ0) is 13.4. The Hall–Kier alpha value is -0.540. The highest BCUT2D eigenvalue weighted by molar-refractivity contribution is 7.92. The summed E-state index contributed by atoms with van der Waals surface area (Å²) in [6, 6.07) is 5.88. The predicted molar refractivity (Wildman–Crippen MR) is 73.4 cm³/mol. The molecule has 0 radical (unpaired) electrons. The smallest absolute Gasteiger partial charge is 0.154 e. The summed E-state index contributed by atoms with van der Waals surface area (Å²) in [6.45, 7) is 7.29. The van der Waals surface area contributed by atoms with E-state index in [1.165, 1.54) is 6.26 Å². The molecule has 1 atom stereocenters. The van der Waals surface area contributed by atoms with Gasteiger partial charge in [-0.15, -0.1) is 11.6 Å². The minimum Gasteiger partial charge on any atom is -0.229 e. The Bertz CT molecular complexity index is 518. The maximum atomic E-state index is 11.8. The number of hydrogen-bond donors (Lipinski definition) is 0. The van der Waals surface area contributed by atoms with Crippen molar-refractivity contribution in [2.45, 2.75) is 37.8 Å². The number of hydrogen-bond acceptors (Lipinski definition) is 2. The second kappa shape index (κ2) is 4.62. The van der Waals surface area contributed by atoms with Crippen LogP contribution in [-0.2, 0) is 9.84 Å². The Balaban J connectivity index is 3.26. The first-order valence-corrected chi connectivity index (χ1v) is 7.81. The molecule has 1 aromatic carbocycles. The van der Waals surface area contributed by atoms with Crippen molar-refractivity contribution < 1.29 is 8.42 Å². The molecule has 4 heteroatoms. The summed E-state index contributed by atoms with van der Waals surface area (Å²) in [5.41, 5.74) is 3.06. The van der Waals surface area contributed by atoms with Crippen LogP contribution in [0.25, 0.3) is 0 Å². The zero-order valence-electron chi connectivity index (χ0n) is 10.9. The third-order valence-electron chi connectivity index (χ3n) is 3.26. The van der Waals surface area contributed by atoms with Crippen molar-refractivity contribution in [2.24, 2.45) is 0 Å². The van der Waals surface area contributed by atoms with Gasteiger partial charge in [0.2, 0.25) is 0 Å². The molecule has 0 spiro atoms. The standard InChI is InChI=1S/C13H19ClO2S/c1-9-6-7-11(10(2)8-9)12(14)13(3,4)17(5,15)16/h6-8,12H,1-5H3. The highest BCUT2D eigenvalue weighted by Crippen LogP contribution is 2.38. The summed E-state index contributed by atoms with van der Waals surface area (Å²) in [7, 11) is -3.21. The summed E-state index contributed by atoms with van der Waals surface area (Å²) in [5.74, 6) is 0. The van der Waals surface area contributed by atoms with Crippen molar-refractivity contribution >= 4 is 21.4 Å². The molecule has 0 aliphatic rings. The lowest BCUT2D eigenvalue weighted by Gasteiger charge is -2.29. The summed E-state index contributed by atoms with van der Waals surface area (Å²) >= 11 is 6.36. The summed E-state index contributed by atoms with van der Waals surface area (Å²) in [4.78, 5) is 0. The lowest BCUT2D eigenvalue weighted by Crippen LogP contribution is -2.35. The molecule has 0 aliphatic carbocycles. The Morgan fingerprint density at radius 2 is 1.76 bits per heavy atom. The van der Waals surface area contributed by atoms with Crippen molar-refractivity contribution in [1.82, 2.24) is 0 Å². The van der Waals surface area contributed by atoms with Gasteiger partial charge in [0.15, 0.2) is 9.84 Å². The minimum absolute atomic E-state index is 0.543. The van der Waals surface area contributed by atoms with Crippen LogP contribution in [0, 0.1) is 13.8 Å². The number of halogens is 1.